The van der Waals surface area contributed by atoms with Gasteiger partial charge in [0.25, 0.3) is 0 Å². The van der Waals surface area contributed by atoms with Crippen LogP contribution in [0.1, 0.15) is 19.2 Å². The number of amides is 1. The van der Waals surface area contributed by atoms with Crippen molar-refractivity contribution in [2.45, 2.75) is 31.3 Å². The van der Waals surface area contributed by atoms with Gasteiger partial charge in [-0.1, -0.05) is 11.8 Å². The van der Waals surface area contributed by atoms with E-state index in [1.54, 1.807) is 11.8 Å². The maximum atomic E-state index is 13.0. The van der Waals surface area contributed by atoms with E-state index in [0.29, 0.717) is 12.2 Å². The first-order valence-electron chi connectivity index (χ1n) is 8.77. The van der Waals surface area contributed by atoms with Gasteiger partial charge in [-0.25, -0.2) is 14.4 Å². The van der Waals surface area contributed by atoms with E-state index < -0.39 is 5.82 Å². The molecular formula is C17H25FN6OS. The van der Waals surface area contributed by atoms with E-state index in [2.05, 4.69) is 37.4 Å². The fourth-order valence-corrected chi connectivity index (χ4v) is 4.28. The summed E-state index contributed by atoms with van der Waals surface area (Å²) in [4.78, 5) is 25.4. The summed E-state index contributed by atoms with van der Waals surface area (Å²) in [6.07, 6.45) is 6.23. The van der Waals surface area contributed by atoms with Crippen LogP contribution in [0.5, 0.6) is 0 Å². The number of likely N-dealkylation sites (N-methyl/N-ethyl adjacent to an activating group) is 1. The summed E-state index contributed by atoms with van der Waals surface area (Å²) in [5, 5.41) is 6.05. The molecule has 1 fully saturated rings. The van der Waals surface area contributed by atoms with Crippen LogP contribution >= 0.6 is 11.8 Å². The van der Waals surface area contributed by atoms with Crippen LogP contribution in [-0.2, 0) is 11.2 Å². The third-order valence-corrected chi connectivity index (χ3v) is 5.59. The van der Waals surface area contributed by atoms with Gasteiger partial charge in [0.2, 0.25) is 5.91 Å². The summed E-state index contributed by atoms with van der Waals surface area (Å²) in [6, 6.07) is 0.286. The minimum atomic E-state index is -0.406. The summed E-state index contributed by atoms with van der Waals surface area (Å²) in [5.74, 6) is 0.225. The van der Waals surface area contributed by atoms with Crippen molar-refractivity contribution in [2.24, 2.45) is 0 Å². The van der Waals surface area contributed by atoms with Gasteiger partial charge in [-0.2, -0.15) is 0 Å². The molecule has 3 heterocycles. The van der Waals surface area contributed by atoms with Crippen LogP contribution in [0.3, 0.4) is 0 Å². The van der Waals surface area contributed by atoms with E-state index in [0.717, 1.165) is 32.6 Å². The lowest BCUT2D eigenvalue weighted by molar-refractivity contribution is -0.119. The normalized spacial score (nSPS) is 24.7. The number of carbonyl (C=O) groups excluding carboxylic acids is 1. The molecule has 1 saturated heterocycles. The Balaban J connectivity index is 1.56. The fourth-order valence-electron chi connectivity index (χ4n) is 3.22. The van der Waals surface area contributed by atoms with Crippen LogP contribution in [-0.4, -0.2) is 70.4 Å². The lowest BCUT2D eigenvalue weighted by atomic mass is 10.1. The van der Waals surface area contributed by atoms with Gasteiger partial charge in [-0.05, 0) is 26.6 Å². The number of halogens is 1. The standard InChI is InChI=1S/C17H25FN6OS/c1-12(25)22-17-21-9-15(26-17)11-24-5-3-4-23(2)14(10-24)6-16-19-7-13(18)8-20-16/h7-9,14,17,21H,3-6,10-11H2,1-2H3,(H,22,25). The van der Waals surface area contributed by atoms with Crippen LogP contribution in [0.25, 0.3) is 0 Å². The number of hydrogen-bond acceptors (Lipinski definition) is 7. The Kier molecular flexibility index (Phi) is 6.44. The molecule has 0 radical (unpaired) electrons. The van der Waals surface area contributed by atoms with Crippen LogP contribution in [0.4, 0.5) is 4.39 Å². The first-order chi connectivity index (χ1) is 12.5. The number of rotatable bonds is 5. The van der Waals surface area contributed by atoms with Crippen molar-refractivity contribution in [3.8, 4) is 0 Å². The van der Waals surface area contributed by atoms with Crippen LogP contribution < -0.4 is 10.6 Å². The van der Waals surface area contributed by atoms with Crippen molar-refractivity contribution in [3.05, 3.63) is 35.1 Å². The van der Waals surface area contributed by atoms with Crippen molar-refractivity contribution >= 4 is 17.7 Å². The molecule has 7 nitrogen and oxygen atoms in total. The first-order valence-corrected chi connectivity index (χ1v) is 9.65. The van der Waals surface area contributed by atoms with Crippen LogP contribution in [0.2, 0.25) is 0 Å². The van der Waals surface area contributed by atoms with Crippen molar-refractivity contribution in [3.63, 3.8) is 0 Å². The molecule has 9 heteroatoms. The molecule has 2 aliphatic rings. The summed E-state index contributed by atoms with van der Waals surface area (Å²) in [7, 11) is 2.12. The van der Waals surface area contributed by atoms with Gasteiger partial charge in [-0.3, -0.25) is 9.69 Å². The Morgan fingerprint density at radius 3 is 2.92 bits per heavy atom. The van der Waals surface area contributed by atoms with Crippen molar-refractivity contribution < 1.29 is 9.18 Å². The van der Waals surface area contributed by atoms with Gasteiger partial charge in [0.15, 0.2) is 11.3 Å². The Bertz CT molecular complexity index is 655. The van der Waals surface area contributed by atoms with E-state index >= 15 is 0 Å². The van der Waals surface area contributed by atoms with Crippen LogP contribution in [0, 0.1) is 5.82 Å². The summed E-state index contributed by atoms with van der Waals surface area (Å²) in [5.41, 5.74) is -0.0828. The average Bonchev–Trinajstić information content (AvgIpc) is 2.94. The Morgan fingerprint density at radius 2 is 2.19 bits per heavy atom. The zero-order valence-corrected chi connectivity index (χ0v) is 15.9. The zero-order valence-electron chi connectivity index (χ0n) is 15.1. The number of nitrogens with one attached hydrogen (secondary N) is 2. The van der Waals surface area contributed by atoms with E-state index in [1.165, 1.54) is 24.2 Å². The predicted molar refractivity (Wildman–Crippen MR) is 99.6 cm³/mol. The van der Waals surface area contributed by atoms with Crippen molar-refractivity contribution in [1.82, 2.24) is 30.4 Å². The maximum Gasteiger partial charge on any atom is 0.219 e. The molecule has 0 aromatic carbocycles. The van der Waals surface area contributed by atoms with Gasteiger partial charge >= 0.3 is 0 Å². The third kappa shape index (κ3) is 5.39. The van der Waals surface area contributed by atoms with Gasteiger partial charge in [0.05, 0.1) is 12.4 Å². The maximum absolute atomic E-state index is 13.0. The molecule has 1 aromatic heterocycles. The summed E-state index contributed by atoms with van der Waals surface area (Å²) >= 11 is 1.64. The minimum absolute atomic E-state index is 0.0413. The molecule has 2 atom stereocenters. The SMILES string of the molecule is CC(=O)NC1NC=C(CN2CCCN(C)C(Cc3ncc(F)cn3)C2)S1. The van der Waals surface area contributed by atoms with E-state index in [9.17, 15) is 9.18 Å². The lowest BCUT2D eigenvalue weighted by Crippen LogP contribution is -2.41. The highest BCUT2D eigenvalue weighted by molar-refractivity contribution is 8.03. The highest BCUT2D eigenvalue weighted by atomic mass is 32.2. The zero-order chi connectivity index (χ0) is 18.5. The molecule has 2 N–H and O–H groups in total. The molecule has 0 aliphatic carbocycles. The molecule has 2 unspecified atom stereocenters. The fraction of sp³-hybridized carbons (Fsp3) is 0.588. The monoisotopic (exact) mass is 380 g/mol. The molecule has 1 amide bonds. The second kappa shape index (κ2) is 8.79. The number of hydrogen-bond donors (Lipinski definition) is 2. The Labute approximate surface area is 157 Å². The second-order valence-electron chi connectivity index (χ2n) is 6.72. The molecule has 26 heavy (non-hydrogen) atoms. The van der Waals surface area contributed by atoms with Crippen molar-refractivity contribution in [2.75, 3.05) is 33.2 Å². The number of nitrogens with zero attached hydrogens (tertiary/aromatic N) is 4. The van der Waals surface area contributed by atoms with E-state index in [4.69, 9.17) is 0 Å². The quantitative estimate of drug-likeness (QED) is 0.781. The van der Waals surface area contributed by atoms with E-state index in [-0.39, 0.29) is 17.4 Å². The molecule has 142 valence electrons. The first kappa shape index (κ1) is 19.1. The molecule has 0 saturated carbocycles. The van der Waals surface area contributed by atoms with Gasteiger partial charge in [0, 0.05) is 43.6 Å². The molecule has 3 rings (SSSR count). The third-order valence-electron chi connectivity index (χ3n) is 4.55. The predicted octanol–water partition coefficient (Wildman–Crippen LogP) is 0.762. The second-order valence-corrected chi connectivity index (χ2v) is 7.95. The number of thioether (sulfide) groups is 1. The number of aromatic nitrogens is 2. The number of carbonyl (C=O) groups is 1. The summed E-state index contributed by atoms with van der Waals surface area (Å²) in [6.45, 7) is 5.31. The van der Waals surface area contributed by atoms with Crippen molar-refractivity contribution in [1.29, 1.82) is 0 Å². The smallest absolute Gasteiger partial charge is 0.219 e. The van der Waals surface area contributed by atoms with Crippen LogP contribution in [0.15, 0.2) is 23.5 Å². The largest absolute Gasteiger partial charge is 0.362 e. The van der Waals surface area contributed by atoms with Gasteiger partial charge in [0.1, 0.15) is 5.82 Å². The average molecular weight is 380 g/mol. The van der Waals surface area contributed by atoms with E-state index in [1.807, 2.05) is 6.20 Å². The molecular weight excluding hydrogens is 355 g/mol. The summed E-state index contributed by atoms with van der Waals surface area (Å²) < 4.78 is 13.0. The van der Waals surface area contributed by atoms with Gasteiger partial charge < -0.3 is 15.5 Å². The topological polar surface area (TPSA) is 73.4 Å². The molecule has 2 aliphatic heterocycles. The Morgan fingerprint density at radius 1 is 1.42 bits per heavy atom. The lowest BCUT2D eigenvalue weighted by Gasteiger charge is -2.28. The molecule has 0 bridgehead atoms. The Hall–Kier alpha value is -1.71. The van der Waals surface area contributed by atoms with Gasteiger partial charge in [-0.15, -0.1) is 0 Å². The highest BCUT2D eigenvalue weighted by Crippen LogP contribution is 2.25. The molecule has 0 spiro atoms. The highest BCUT2D eigenvalue weighted by Gasteiger charge is 2.26. The minimum Gasteiger partial charge on any atom is -0.362 e. The molecule has 1 aromatic rings.